The van der Waals surface area contributed by atoms with Crippen LogP contribution in [-0.2, 0) is 0 Å². The first-order valence-corrected chi connectivity index (χ1v) is 12.1. The molecule has 1 saturated carbocycles. The molecule has 0 radical (unpaired) electrons. The number of benzene rings is 2. The van der Waals surface area contributed by atoms with E-state index in [1.807, 2.05) is 18.2 Å². The second-order valence-corrected chi connectivity index (χ2v) is 8.78. The summed E-state index contributed by atoms with van der Waals surface area (Å²) in [6, 6.07) is 15.3. The Balaban J connectivity index is 1.57. The van der Waals surface area contributed by atoms with Crippen LogP contribution in [0, 0.1) is 10.1 Å². The van der Waals surface area contributed by atoms with E-state index in [2.05, 4.69) is 10.1 Å². The molecule has 0 saturated heterocycles. The Hall–Kier alpha value is -4.60. The van der Waals surface area contributed by atoms with Crippen LogP contribution in [0.3, 0.4) is 0 Å². The van der Waals surface area contributed by atoms with Gasteiger partial charge in [-0.2, -0.15) is 9.78 Å². The van der Waals surface area contributed by atoms with Crippen LogP contribution >= 0.6 is 0 Å². The number of rotatable bonds is 7. The smallest absolute Gasteiger partial charge is 0.287 e. The molecule has 2 heterocycles. The minimum absolute atomic E-state index is 0.146. The summed E-state index contributed by atoms with van der Waals surface area (Å²) >= 11 is 0. The normalized spacial score (nSPS) is 14.2. The summed E-state index contributed by atoms with van der Waals surface area (Å²) in [4.78, 5) is 32.8. The Kier molecular flexibility index (Phi) is 6.89. The molecule has 2 aromatic heterocycles. The average molecular weight is 500 g/mol. The van der Waals surface area contributed by atoms with E-state index in [-0.39, 0.29) is 23.0 Å². The maximum absolute atomic E-state index is 13.5. The van der Waals surface area contributed by atoms with Crippen molar-refractivity contribution in [2.75, 3.05) is 7.11 Å². The van der Waals surface area contributed by atoms with Gasteiger partial charge < -0.3 is 9.47 Å². The van der Waals surface area contributed by atoms with Crippen molar-refractivity contribution in [1.29, 1.82) is 0 Å². The van der Waals surface area contributed by atoms with E-state index in [1.165, 1.54) is 36.6 Å². The summed E-state index contributed by atoms with van der Waals surface area (Å²) < 4.78 is 12.8. The van der Waals surface area contributed by atoms with Gasteiger partial charge in [-0.1, -0.05) is 37.5 Å². The van der Waals surface area contributed by atoms with Crippen LogP contribution < -0.4 is 15.0 Å². The van der Waals surface area contributed by atoms with Crippen molar-refractivity contribution in [3.63, 3.8) is 0 Å². The fraction of sp³-hybridized carbons (Fsp3) is 0.259. The SMILES string of the molecule is COc1cccc(C=Nn2c(C3CCCCC3)nc3ccccc3c2=O)c1Oc1ccc([N+](=O)[O-])cn1. The van der Waals surface area contributed by atoms with E-state index in [9.17, 15) is 14.9 Å². The van der Waals surface area contributed by atoms with Crippen molar-refractivity contribution in [3.05, 3.63) is 92.7 Å². The predicted octanol–water partition coefficient (Wildman–Crippen LogP) is 5.43. The topological polar surface area (TPSA) is 122 Å². The lowest BCUT2D eigenvalue weighted by Crippen LogP contribution is -2.25. The number of nitro groups is 1. The van der Waals surface area contributed by atoms with Crippen LogP contribution in [0.25, 0.3) is 10.9 Å². The van der Waals surface area contributed by atoms with Gasteiger partial charge in [0.1, 0.15) is 12.0 Å². The van der Waals surface area contributed by atoms with Gasteiger partial charge in [-0.05, 0) is 37.1 Å². The van der Waals surface area contributed by atoms with Gasteiger partial charge in [0.05, 0.1) is 29.2 Å². The Morgan fingerprint density at radius 1 is 1.08 bits per heavy atom. The molecule has 37 heavy (non-hydrogen) atoms. The second kappa shape index (κ2) is 10.6. The summed E-state index contributed by atoms with van der Waals surface area (Å²) in [6.45, 7) is 0. The molecule has 1 aliphatic carbocycles. The van der Waals surface area contributed by atoms with Gasteiger partial charge in [0.25, 0.3) is 11.2 Å². The van der Waals surface area contributed by atoms with Crippen molar-refractivity contribution < 1.29 is 14.4 Å². The van der Waals surface area contributed by atoms with E-state index in [0.717, 1.165) is 31.9 Å². The monoisotopic (exact) mass is 499 g/mol. The number of methoxy groups -OCH3 is 1. The predicted molar refractivity (Wildman–Crippen MR) is 139 cm³/mol. The lowest BCUT2D eigenvalue weighted by Gasteiger charge is -2.22. The van der Waals surface area contributed by atoms with Crippen molar-refractivity contribution >= 4 is 22.8 Å². The van der Waals surface area contributed by atoms with Crippen molar-refractivity contribution in [2.45, 2.75) is 38.0 Å². The minimum Gasteiger partial charge on any atom is -0.493 e. The average Bonchev–Trinajstić information content (AvgIpc) is 2.94. The molecule has 2 aromatic carbocycles. The number of pyridine rings is 1. The molecule has 0 atom stereocenters. The first kappa shape index (κ1) is 24.1. The summed E-state index contributed by atoms with van der Waals surface area (Å²) in [5.41, 5.74) is 0.820. The van der Waals surface area contributed by atoms with Crippen molar-refractivity contribution in [2.24, 2.45) is 5.10 Å². The molecule has 0 N–H and O–H groups in total. The van der Waals surface area contributed by atoms with Crippen molar-refractivity contribution in [1.82, 2.24) is 14.6 Å². The molecule has 0 spiro atoms. The number of ether oxygens (including phenoxy) is 2. The highest BCUT2D eigenvalue weighted by molar-refractivity contribution is 5.85. The molecule has 0 bridgehead atoms. The summed E-state index contributed by atoms with van der Waals surface area (Å²) in [6.07, 6.45) is 7.93. The van der Waals surface area contributed by atoms with Crippen LogP contribution in [-0.4, -0.2) is 32.9 Å². The standard InChI is InChI=1S/C27H25N5O5/c1-36-23-13-7-10-19(25(23)37-24-15-14-20(17-28-24)32(34)35)16-29-31-26(18-8-3-2-4-9-18)30-22-12-6-5-11-21(22)27(31)33/h5-7,10-18H,2-4,8-9H2,1H3. The Bertz CT molecular complexity index is 1520. The molecule has 188 valence electrons. The van der Waals surface area contributed by atoms with Crippen LogP contribution in [0.5, 0.6) is 17.4 Å². The highest BCUT2D eigenvalue weighted by atomic mass is 16.6. The molecule has 4 aromatic rings. The summed E-state index contributed by atoms with van der Waals surface area (Å²) in [5, 5.41) is 16.0. The van der Waals surface area contributed by atoms with E-state index in [0.29, 0.717) is 33.8 Å². The fourth-order valence-corrected chi connectivity index (χ4v) is 4.55. The molecular weight excluding hydrogens is 474 g/mol. The van der Waals surface area contributed by atoms with Crippen LogP contribution in [0.1, 0.15) is 49.4 Å². The summed E-state index contributed by atoms with van der Waals surface area (Å²) in [5.74, 6) is 1.68. The molecule has 0 unspecified atom stereocenters. The van der Waals surface area contributed by atoms with E-state index >= 15 is 0 Å². The number of hydrogen-bond donors (Lipinski definition) is 0. The molecule has 1 aliphatic rings. The zero-order chi connectivity index (χ0) is 25.8. The minimum atomic E-state index is -0.531. The third-order valence-corrected chi connectivity index (χ3v) is 6.43. The number of fused-ring (bicyclic) bond motifs is 1. The maximum Gasteiger partial charge on any atom is 0.287 e. The summed E-state index contributed by atoms with van der Waals surface area (Å²) in [7, 11) is 1.51. The van der Waals surface area contributed by atoms with Crippen LogP contribution in [0.15, 0.2) is 70.7 Å². The zero-order valence-corrected chi connectivity index (χ0v) is 20.2. The molecule has 5 rings (SSSR count). The first-order chi connectivity index (χ1) is 18.0. The van der Waals surface area contributed by atoms with Gasteiger partial charge in [-0.3, -0.25) is 14.9 Å². The van der Waals surface area contributed by atoms with Crippen LogP contribution in [0.4, 0.5) is 5.69 Å². The van der Waals surface area contributed by atoms with E-state index in [1.54, 1.807) is 24.3 Å². The Morgan fingerprint density at radius 2 is 1.89 bits per heavy atom. The van der Waals surface area contributed by atoms with Crippen molar-refractivity contribution in [3.8, 4) is 17.4 Å². The third kappa shape index (κ3) is 5.04. The number of aromatic nitrogens is 3. The number of hydrogen-bond acceptors (Lipinski definition) is 8. The molecule has 10 nitrogen and oxygen atoms in total. The Labute approximate surface area is 212 Å². The quantitative estimate of drug-likeness (QED) is 0.189. The van der Waals surface area contributed by atoms with Crippen LogP contribution in [0.2, 0.25) is 0 Å². The van der Waals surface area contributed by atoms with Gasteiger partial charge in [-0.25, -0.2) is 9.97 Å². The third-order valence-electron chi connectivity index (χ3n) is 6.43. The second-order valence-electron chi connectivity index (χ2n) is 8.78. The molecular formula is C27H25N5O5. The highest BCUT2D eigenvalue weighted by Gasteiger charge is 2.22. The fourth-order valence-electron chi connectivity index (χ4n) is 4.55. The molecule has 1 fully saturated rings. The zero-order valence-electron chi connectivity index (χ0n) is 20.2. The highest BCUT2D eigenvalue weighted by Crippen LogP contribution is 2.35. The number of para-hydroxylation sites is 2. The van der Waals surface area contributed by atoms with Gasteiger partial charge in [0, 0.05) is 23.6 Å². The molecule has 10 heteroatoms. The lowest BCUT2D eigenvalue weighted by molar-refractivity contribution is -0.385. The van der Waals surface area contributed by atoms with Gasteiger partial charge in [0.2, 0.25) is 5.88 Å². The molecule has 0 aliphatic heterocycles. The Morgan fingerprint density at radius 3 is 2.62 bits per heavy atom. The first-order valence-electron chi connectivity index (χ1n) is 12.1. The van der Waals surface area contributed by atoms with E-state index < -0.39 is 4.92 Å². The van der Waals surface area contributed by atoms with Gasteiger partial charge in [0.15, 0.2) is 11.5 Å². The lowest BCUT2D eigenvalue weighted by atomic mass is 9.88. The number of nitrogens with zero attached hydrogens (tertiary/aromatic N) is 5. The maximum atomic E-state index is 13.5. The van der Waals surface area contributed by atoms with Gasteiger partial charge >= 0.3 is 0 Å². The largest absolute Gasteiger partial charge is 0.493 e. The van der Waals surface area contributed by atoms with E-state index in [4.69, 9.17) is 14.5 Å². The molecule has 0 amide bonds. The van der Waals surface area contributed by atoms with Gasteiger partial charge in [-0.15, -0.1) is 0 Å².